The lowest BCUT2D eigenvalue weighted by molar-refractivity contribution is 0.294. The lowest BCUT2D eigenvalue weighted by atomic mass is 9.91. The highest BCUT2D eigenvalue weighted by Gasteiger charge is 2.18. The number of rotatable bonds is 6. The molecule has 0 fully saturated rings. The molecule has 1 unspecified atom stereocenters. The Morgan fingerprint density at radius 2 is 1.83 bits per heavy atom. The number of nitrogens with zero attached hydrogens (tertiary/aromatic N) is 1. The third-order valence-corrected chi connectivity index (χ3v) is 3.74. The first kappa shape index (κ1) is 13.1. The third-order valence-electron chi connectivity index (χ3n) is 3.74. The second kappa shape index (κ2) is 6.55. The maximum absolute atomic E-state index is 2.50. The largest absolute Gasteiger partial charge is 0.303 e. The molecule has 1 aromatic carbocycles. The maximum Gasteiger partial charge on any atom is 0.0214 e. The van der Waals surface area contributed by atoms with E-state index in [2.05, 4.69) is 67.3 Å². The van der Waals surface area contributed by atoms with Gasteiger partial charge in [0.2, 0.25) is 0 Å². The maximum atomic E-state index is 2.50. The Hall–Kier alpha value is -1.34. The van der Waals surface area contributed by atoms with Crippen molar-refractivity contribution in [1.29, 1.82) is 0 Å². The highest BCUT2D eigenvalue weighted by molar-refractivity contribution is 5.38. The van der Waals surface area contributed by atoms with Crippen molar-refractivity contribution in [3.05, 3.63) is 59.7 Å². The fourth-order valence-electron chi connectivity index (χ4n) is 2.56. The lowest BCUT2D eigenvalue weighted by Gasteiger charge is -2.26. The van der Waals surface area contributed by atoms with Gasteiger partial charge in [0.15, 0.2) is 0 Å². The zero-order chi connectivity index (χ0) is 12.8. The topological polar surface area (TPSA) is 3.24 Å². The monoisotopic (exact) mass is 241 g/mol. The van der Waals surface area contributed by atoms with E-state index < -0.39 is 0 Å². The Labute approximate surface area is 111 Å². The molecule has 1 nitrogen and oxygen atoms in total. The van der Waals surface area contributed by atoms with Gasteiger partial charge in [0.1, 0.15) is 0 Å². The summed E-state index contributed by atoms with van der Waals surface area (Å²) in [4.78, 5) is 2.50. The van der Waals surface area contributed by atoms with Gasteiger partial charge in [-0.15, -0.1) is 0 Å². The fourth-order valence-corrected chi connectivity index (χ4v) is 2.56. The molecule has 0 N–H and O–H groups in total. The van der Waals surface area contributed by atoms with Crippen LogP contribution < -0.4 is 0 Å². The molecule has 2 rings (SSSR count). The molecule has 0 bridgehead atoms. The van der Waals surface area contributed by atoms with Gasteiger partial charge in [-0.3, -0.25) is 0 Å². The summed E-state index contributed by atoms with van der Waals surface area (Å²) in [5.41, 5.74) is 2.91. The molecule has 0 radical (unpaired) electrons. The highest BCUT2D eigenvalue weighted by atomic mass is 15.1. The quantitative estimate of drug-likeness (QED) is 0.727. The Bertz CT molecular complexity index is 412. The van der Waals surface area contributed by atoms with Crippen molar-refractivity contribution < 1.29 is 0 Å². The average molecular weight is 241 g/mol. The van der Waals surface area contributed by atoms with Crippen LogP contribution in [0.4, 0.5) is 0 Å². The number of hydrogen-bond acceptors (Lipinski definition) is 1. The molecule has 0 aliphatic heterocycles. The minimum Gasteiger partial charge on any atom is -0.303 e. The summed E-state index contributed by atoms with van der Waals surface area (Å²) in [6.45, 7) is 7.84. The smallest absolute Gasteiger partial charge is 0.0214 e. The van der Waals surface area contributed by atoms with E-state index in [1.165, 1.54) is 11.1 Å². The first-order valence-corrected chi connectivity index (χ1v) is 6.99. The molecule has 1 heteroatoms. The van der Waals surface area contributed by atoms with Gasteiger partial charge in [-0.05, 0) is 30.6 Å². The van der Waals surface area contributed by atoms with Crippen LogP contribution in [0.2, 0.25) is 0 Å². The SMILES string of the molecule is CCN(CC)CC(C1=CCC=C1)c1ccccc1. The molecule has 0 amide bonds. The molecule has 0 heterocycles. The average Bonchev–Trinajstić information content (AvgIpc) is 2.95. The van der Waals surface area contributed by atoms with Gasteiger partial charge in [-0.1, -0.05) is 62.4 Å². The lowest BCUT2D eigenvalue weighted by Crippen LogP contribution is -2.28. The summed E-state index contributed by atoms with van der Waals surface area (Å²) >= 11 is 0. The normalized spacial score (nSPS) is 16.1. The van der Waals surface area contributed by atoms with Crippen molar-refractivity contribution in [2.24, 2.45) is 0 Å². The zero-order valence-corrected chi connectivity index (χ0v) is 11.5. The summed E-state index contributed by atoms with van der Waals surface area (Å²) in [5.74, 6) is 0.518. The Morgan fingerprint density at radius 3 is 2.39 bits per heavy atom. The molecular formula is C17H23N. The first-order valence-electron chi connectivity index (χ1n) is 6.99. The van der Waals surface area contributed by atoms with E-state index in [0.717, 1.165) is 26.1 Å². The second-order valence-electron chi connectivity index (χ2n) is 4.79. The van der Waals surface area contributed by atoms with Crippen molar-refractivity contribution in [2.45, 2.75) is 26.2 Å². The fraction of sp³-hybridized carbons (Fsp3) is 0.412. The van der Waals surface area contributed by atoms with Crippen LogP contribution in [-0.4, -0.2) is 24.5 Å². The second-order valence-corrected chi connectivity index (χ2v) is 4.79. The van der Waals surface area contributed by atoms with E-state index >= 15 is 0 Å². The molecule has 0 saturated carbocycles. The Morgan fingerprint density at radius 1 is 1.11 bits per heavy atom. The van der Waals surface area contributed by atoms with Gasteiger partial charge in [0, 0.05) is 12.5 Å². The van der Waals surface area contributed by atoms with Crippen LogP contribution in [0.1, 0.15) is 31.7 Å². The van der Waals surface area contributed by atoms with Crippen LogP contribution in [0, 0.1) is 0 Å². The molecule has 0 spiro atoms. The van der Waals surface area contributed by atoms with Gasteiger partial charge in [0.05, 0.1) is 0 Å². The van der Waals surface area contributed by atoms with Crippen LogP contribution in [0.5, 0.6) is 0 Å². The zero-order valence-electron chi connectivity index (χ0n) is 11.5. The molecule has 0 aromatic heterocycles. The van der Waals surface area contributed by atoms with Crippen LogP contribution >= 0.6 is 0 Å². The van der Waals surface area contributed by atoms with Crippen LogP contribution in [0.15, 0.2) is 54.1 Å². The number of likely N-dealkylation sites (N-methyl/N-ethyl adjacent to an activating group) is 1. The predicted molar refractivity (Wildman–Crippen MR) is 78.8 cm³/mol. The third kappa shape index (κ3) is 3.11. The summed E-state index contributed by atoms with van der Waals surface area (Å²) in [6, 6.07) is 10.9. The van der Waals surface area contributed by atoms with Crippen LogP contribution in [0.25, 0.3) is 0 Å². The standard InChI is InChI=1S/C17H23N/c1-3-18(4-2)14-17(16-12-8-9-13-16)15-10-6-5-7-11-15/h5-8,10-13,17H,3-4,9,14H2,1-2H3. The molecule has 96 valence electrons. The highest BCUT2D eigenvalue weighted by Crippen LogP contribution is 2.29. The van der Waals surface area contributed by atoms with Gasteiger partial charge < -0.3 is 4.90 Å². The summed E-state index contributed by atoms with van der Waals surface area (Å²) in [5, 5.41) is 0. The molecule has 0 saturated heterocycles. The van der Waals surface area contributed by atoms with Gasteiger partial charge in [-0.2, -0.15) is 0 Å². The summed E-state index contributed by atoms with van der Waals surface area (Å²) in [7, 11) is 0. The van der Waals surface area contributed by atoms with Gasteiger partial charge in [0.25, 0.3) is 0 Å². The Kier molecular flexibility index (Phi) is 4.77. The molecule has 1 aliphatic rings. The number of hydrogen-bond donors (Lipinski definition) is 0. The van der Waals surface area contributed by atoms with E-state index in [-0.39, 0.29) is 0 Å². The van der Waals surface area contributed by atoms with E-state index in [1.54, 1.807) is 0 Å². The summed E-state index contributed by atoms with van der Waals surface area (Å²) in [6.07, 6.45) is 8.01. The van der Waals surface area contributed by atoms with Crippen molar-refractivity contribution in [3.8, 4) is 0 Å². The molecular weight excluding hydrogens is 218 g/mol. The predicted octanol–water partition coefficient (Wildman–Crippen LogP) is 4.00. The van der Waals surface area contributed by atoms with Gasteiger partial charge >= 0.3 is 0 Å². The first-order chi connectivity index (χ1) is 8.85. The molecule has 1 atom stereocenters. The minimum atomic E-state index is 0.518. The molecule has 1 aromatic rings. The number of benzene rings is 1. The van der Waals surface area contributed by atoms with Crippen LogP contribution in [-0.2, 0) is 0 Å². The molecule has 1 aliphatic carbocycles. The van der Waals surface area contributed by atoms with E-state index in [4.69, 9.17) is 0 Å². The van der Waals surface area contributed by atoms with Gasteiger partial charge in [-0.25, -0.2) is 0 Å². The van der Waals surface area contributed by atoms with Crippen molar-refractivity contribution >= 4 is 0 Å². The van der Waals surface area contributed by atoms with Crippen LogP contribution in [0.3, 0.4) is 0 Å². The molecule has 18 heavy (non-hydrogen) atoms. The van der Waals surface area contributed by atoms with Crippen molar-refractivity contribution in [2.75, 3.05) is 19.6 Å². The van der Waals surface area contributed by atoms with Crippen molar-refractivity contribution in [1.82, 2.24) is 4.90 Å². The van der Waals surface area contributed by atoms with E-state index in [9.17, 15) is 0 Å². The number of allylic oxidation sites excluding steroid dienone is 3. The van der Waals surface area contributed by atoms with E-state index in [1.807, 2.05) is 0 Å². The Balaban J connectivity index is 2.21. The van der Waals surface area contributed by atoms with Crippen molar-refractivity contribution in [3.63, 3.8) is 0 Å². The minimum absolute atomic E-state index is 0.518. The van der Waals surface area contributed by atoms with E-state index in [0.29, 0.717) is 5.92 Å². The summed E-state index contributed by atoms with van der Waals surface area (Å²) < 4.78 is 0.